The Kier molecular flexibility index (Phi) is 6.24. The van der Waals surface area contributed by atoms with Gasteiger partial charge in [0.1, 0.15) is 5.82 Å². The molecule has 0 radical (unpaired) electrons. The van der Waals surface area contributed by atoms with Crippen molar-refractivity contribution in [3.8, 4) is 11.4 Å². The van der Waals surface area contributed by atoms with Crippen molar-refractivity contribution in [2.45, 2.75) is 32.7 Å². The average molecular weight is 411 g/mol. The first kappa shape index (κ1) is 20.7. The summed E-state index contributed by atoms with van der Waals surface area (Å²) in [6.45, 7) is 12.0. The number of nitro benzene ring substituents is 1. The molecule has 160 valence electrons. The van der Waals surface area contributed by atoms with E-state index in [0.717, 1.165) is 75.7 Å². The Balaban J connectivity index is 1.50. The van der Waals surface area contributed by atoms with Gasteiger partial charge in [-0.1, -0.05) is 13.8 Å². The third-order valence-electron chi connectivity index (χ3n) is 6.32. The number of likely N-dealkylation sites (N-methyl/N-ethyl adjacent to an activating group) is 1. The zero-order valence-electron chi connectivity index (χ0n) is 17.8. The summed E-state index contributed by atoms with van der Waals surface area (Å²) in [5.74, 6) is 1.60. The number of aromatic nitrogens is 2. The molecule has 0 N–H and O–H groups in total. The summed E-state index contributed by atoms with van der Waals surface area (Å²) in [6, 6.07) is 9.16. The van der Waals surface area contributed by atoms with Crippen LogP contribution in [0.5, 0.6) is 0 Å². The van der Waals surface area contributed by atoms with E-state index in [-0.39, 0.29) is 10.6 Å². The lowest BCUT2D eigenvalue weighted by Gasteiger charge is -2.37. The molecule has 2 aromatic rings. The third-order valence-corrected chi connectivity index (χ3v) is 6.32. The molecule has 0 amide bonds. The molecule has 30 heavy (non-hydrogen) atoms. The summed E-state index contributed by atoms with van der Waals surface area (Å²) in [5, 5.41) is 10.9. The molecule has 0 bridgehead atoms. The standard InChI is InChI=1S/C22H30N6O2/c1-3-18-15-21(24-22(23-18)17-5-7-19(8-6-17)28(29)30)27-10-9-20(16-27)26-13-11-25(4-2)12-14-26/h5-8,15,20H,3-4,9-14,16H2,1-2H3. The van der Waals surface area contributed by atoms with Gasteiger partial charge in [-0.3, -0.25) is 15.0 Å². The maximum Gasteiger partial charge on any atom is 0.269 e. The smallest absolute Gasteiger partial charge is 0.269 e. The van der Waals surface area contributed by atoms with Gasteiger partial charge in [0.05, 0.1) is 4.92 Å². The maximum atomic E-state index is 10.9. The molecule has 0 spiro atoms. The van der Waals surface area contributed by atoms with Gasteiger partial charge < -0.3 is 9.80 Å². The van der Waals surface area contributed by atoms with Crippen molar-refractivity contribution in [3.05, 3.63) is 46.1 Å². The largest absolute Gasteiger partial charge is 0.355 e. The van der Waals surface area contributed by atoms with E-state index in [2.05, 4.69) is 39.6 Å². The van der Waals surface area contributed by atoms with E-state index in [1.165, 1.54) is 12.1 Å². The fraction of sp³-hybridized carbons (Fsp3) is 0.545. The van der Waals surface area contributed by atoms with E-state index in [0.29, 0.717) is 11.9 Å². The van der Waals surface area contributed by atoms with Crippen LogP contribution in [-0.2, 0) is 6.42 Å². The van der Waals surface area contributed by atoms with Gasteiger partial charge in [0.2, 0.25) is 0 Å². The molecule has 1 atom stereocenters. The van der Waals surface area contributed by atoms with Gasteiger partial charge >= 0.3 is 0 Å². The van der Waals surface area contributed by atoms with Gasteiger partial charge in [-0.25, -0.2) is 9.97 Å². The summed E-state index contributed by atoms with van der Waals surface area (Å²) in [5.41, 5.74) is 1.88. The Hall–Kier alpha value is -2.58. The molecule has 0 aliphatic carbocycles. The molecule has 4 rings (SSSR count). The highest BCUT2D eigenvalue weighted by Crippen LogP contribution is 2.26. The third kappa shape index (κ3) is 4.44. The fourth-order valence-electron chi connectivity index (χ4n) is 4.38. The maximum absolute atomic E-state index is 10.9. The minimum atomic E-state index is -0.386. The van der Waals surface area contributed by atoms with E-state index in [1.54, 1.807) is 12.1 Å². The Morgan fingerprint density at radius 2 is 1.80 bits per heavy atom. The quantitative estimate of drug-likeness (QED) is 0.535. The number of rotatable bonds is 6. The van der Waals surface area contributed by atoms with Crippen LogP contribution < -0.4 is 4.90 Å². The number of hydrogen-bond donors (Lipinski definition) is 0. The molecular weight excluding hydrogens is 380 g/mol. The van der Waals surface area contributed by atoms with Crippen molar-refractivity contribution in [1.82, 2.24) is 19.8 Å². The number of nitro groups is 1. The van der Waals surface area contributed by atoms with E-state index in [1.807, 2.05) is 0 Å². The molecular formula is C22H30N6O2. The first-order chi connectivity index (χ1) is 14.6. The van der Waals surface area contributed by atoms with Crippen LogP contribution in [0.25, 0.3) is 11.4 Å². The number of nitrogens with zero attached hydrogens (tertiary/aromatic N) is 6. The van der Waals surface area contributed by atoms with Crippen LogP contribution in [-0.4, -0.2) is 76.5 Å². The molecule has 2 aliphatic heterocycles. The summed E-state index contributed by atoms with van der Waals surface area (Å²) >= 11 is 0. The van der Waals surface area contributed by atoms with Gasteiger partial charge in [-0.15, -0.1) is 0 Å². The van der Waals surface area contributed by atoms with Crippen LogP contribution in [0.4, 0.5) is 11.5 Å². The Labute approximate surface area is 177 Å². The summed E-state index contributed by atoms with van der Waals surface area (Å²) in [6.07, 6.45) is 1.98. The molecule has 1 unspecified atom stereocenters. The first-order valence-corrected chi connectivity index (χ1v) is 10.9. The van der Waals surface area contributed by atoms with Gasteiger partial charge in [-0.05, 0) is 31.5 Å². The normalized spacial score (nSPS) is 20.6. The average Bonchev–Trinajstić information content (AvgIpc) is 3.29. The van der Waals surface area contributed by atoms with Crippen LogP contribution in [0.3, 0.4) is 0 Å². The number of benzene rings is 1. The van der Waals surface area contributed by atoms with Crippen molar-refractivity contribution in [3.63, 3.8) is 0 Å². The number of aryl methyl sites for hydroxylation is 1. The lowest BCUT2D eigenvalue weighted by atomic mass is 10.2. The predicted molar refractivity (Wildman–Crippen MR) is 118 cm³/mol. The molecule has 8 heteroatoms. The SMILES string of the molecule is CCc1cc(N2CCC(N3CCN(CC)CC3)C2)nc(-c2ccc([N+](=O)[O-])cc2)n1. The lowest BCUT2D eigenvalue weighted by Crippen LogP contribution is -2.50. The van der Waals surface area contributed by atoms with Crippen LogP contribution >= 0.6 is 0 Å². The van der Waals surface area contributed by atoms with Gasteiger partial charge in [0.25, 0.3) is 5.69 Å². The van der Waals surface area contributed by atoms with Crippen molar-refractivity contribution in [1.29, 1.82) is 0 Å². The van der Waals surface area contributed by atoms with Crippen LogP contribution in [0.2, 0.25) is 0 Å². The molecule has 2 fully saturated rings. The number of piperazine rings is 1. The zero-order chi connectivity index (χ0) is 21.1. The Morgan fingerprint density at radius 3 is 2.43 bits per heavy atom. The van der Waals surface area contributed by atoms with Crippen molar-refractivity contribution >= 4 is 11.5 Å². The second-order valence-electron chi connectivity index (χ2n) is 8.06. The van der Waals surface area contributed by atoms with Gasteiger partial charge in [0, 0.05) is 74.8 Å². The summed E-state index contributed by atoms with van der Waals surface area (Å²) in [7, 11) is 0. The second kappa shape index (κ2) is 9.06. The van der Waals surface area contributed by atoms with E-state index in [4.69, 9.17) is 4.98 Å². The predicted octanol–water partition coefficient (Wildman–Crippen LogP) is 2.83. The number of non-ortho nitro benzene ring substituents is 1. The highest BCUT2D eigenvalue weighted by atomic mass is 16.6. The number of anilines is 1. The molecule has 2 aliphatic rings. The topological polar surface area (TPSA) is 78.6 Å². The Bertz CT molecular complexity index is 880. The molecule has 0 saturated carbocycles. The molecule has 1 aromatic heterocycles. The molecule has 3 heterocycles. The van der Waals surface area contributed by atoms with Gasteiger partial charge in [-0.2, -0.15) is 0 Å². The molecule has 1 aromatic carbocycles. The highest BCUT2D eigenvalue weighted by Gasteiger charge is 2.30. The van der Waals surface area contributed by atoms with E-state index in [9.17, 15) is 10.1 Å². The highest BCUT2D eigenvalue weighted by molar-refractivity contribution is 5.60. The fourth-order valence-corrected chi connectivity index (χ4v) is 4.38. The lowest BCUT2D eigenvalue weighted by molar-refractivity contribution is -0.384. The molecule has 2 saturated heterocycles. The zero-order valence-corrected chi connectivity index (χ0v) is 17.8. The van der Waals surface area contributed by atoms with Crippen LogP contribution in [0.1, 0.15) is 26.0 Å². The molecule has 8 nitrogen and oxygen atoms in total. The van der Waals surface area contributed by atoms with Gasteiger partial charge in [0.15, 0.2) is 5.82 Å². The van der Waals surface area contributed by atoms with Crippen molar-refractivity contribution < 1.29 is 4.92 Å². The van der Waals surface area contributed by atoms with E-state index < -0.39 is 0 Å². The summed E-state index contributed by atoms with van der Waals surface area (Å²) in [4.78, 5) is 27.6. The van der Waals surface area contributed by atoms with Crippen LogP contribution in [0.15, 0.2) is 30.3 Å². The Morgan fingerprint density at radius 1 is 1.07 bits per heavy atom. The second-order valence-corrected chi connectivity index (χ2v) is 8.06. The van der Waals surface area contributed by atoms with Crippen molar-refractivity contribution in [2.24, 2.45) is 0 Å². The number of hydrogen-bond acceptors (Lipinski definition) is 7. The minimum absolute atomic E-state index is 0.0798. The first-order valence-electron chi connectivity index (χ1n) is 10.9. The van der Waals surface area contributed by atoms with Crippen molar-refractivity contribution in [2.75, 3.05) is 50.7 Å². The van der Waals surface area contributed by atoms with E-state index >= 15 is 0 Å². The minimum Gasteiger partial charge on any atom is -0.355 e. The summed E-state index contributed by atoms with van der Waals surface area (Å²) < 4.78 is 0. The van der Waals surface area contributed by atoms with Crippen LogP contribution in [0, 0.1) is 10.1 Å². The monoisotopic (exact) mass is 410 g/mol.